The molecule has 134 valence electrons. The van der Waals surface area contributed by atoms with E-state index in [1.165, 1.54) is 6.20 Å². The molecule has 0 aromatic carbocycles. The van der Waals surface area contributed by atoms with Gasteiger partial charge in [-0.15, -0.1) is 0 Å². The molecule has 0 amide bonds. The van der Waals surface area contributed by atoms with Crippen LogP contribution < -0.4 is 4.74 Å². The van der Waals surface area contributed by atoms with Crippen molar-refractivity contribution in [2.75, 3.05) is 59.1 Å². The molecule has 2 heterocycles. The zero-order chi connectivity index (χ0) is 17.2. The number of ether oxygens (including phenoxy) is 2. The number of carbonyl (C=O) groups is 1. The van der Waals surface area contributed by atoms with Crippen LogP contribution in [-0.2, 0) is 4.74 Å². The molecule has 0 unspecified atom stereocenters. The number of aliphatic hydroxyl groups is 1. The minimum Gasteiger partial charge on any atom is -0.478 e. The monoisotopic (exact) mass is 337 g/mol. The van der Waals surface area contributed by atoms with E-state index in [4.69, 9.17) is 14.6 Å². The van der Waals surface area contributed by atoms with E-state index in [0.29, 0.717) is 24.7 Å². The summed E-state index contributed by atoms with van der Waals surface area (Å²) in [5.74, 6) is 0.160. The summed E-state index contributed by atoms with van der Waals surface area (Å²) in [6, 6.07) is 3.36. The SMILES string of the molecule is CCOC(=O)c1ccc(OCCCN2CCN(CCO)CC2)nc1. The van der Waals surface area contributed by atoms with Gasteiger partial charge in [-0.05, 0) is 19.4 Å². The fraction of sp³-hybridized carbons (Fsp3) is 0.647. The Morgan fingerprint density at radius 3 is 2.50 bits per heavy atom. The van der Waals surface area contributed by atoms with Gasteiger partial charge in [0.25, 0.3) is 0 Å². The lowest BCUT2D eigenvalue weighted by Crippen LogP contribution is -2.47. The highest BCUT2D eigenvalue weighted by Gasteiger charge is 2.15. The lowest BCUT2D eigenvalue weighted by atomic mass is 10.3. The van der Waals surface area contributed by atoms with E-state index in [2.05, 4.69) is 14.8 Å². The number of esters is 1. The van der Waals surface area contributed by atoms with Crippen LogP contribution in [-0.4, -0.2) is 84.9 Å². The molecule has 7 heteroatoms. The van der Waals surface area contributed by atoms with Crippen molar-refractivity contribution in [2.24, 2.45) is 0 Å². The molecule has 1 aromatic rings. The topological polar surface area (TPSA) is 75.1 Å². The molecular formula is C17H27N3O4. The fourth-order valence-electron chi connectivity index (χ4n) is 2.64. The van der Waals surface area contributed by atoms with E-state index in [9.17, 15) is 4.79 Å². The Morgan fingerprint density at radius 2 is 1.92 bits per heavy atom. The summed E-state index contributed by atoms with van der Waals surface area (Å²) < 4.78 is 10.5. The molecule has 1 N–H and O–H groups in total. The molecule has 1 aliphatic rings. The molecule has 0 aliphatic carbocycles. The smallest absolute Gasteiger partial charge is 0.339 e. The Morgan fingerprint density at radius 1 is 1.21 bits per heavy atom. The number of nitrogens with zero attached hydrogens (tertiary/aromatic N) is 3. The van der Waals surface area contributed by atoms with E-state index >= 15 is 0 Å². The molecule has 1 aromatic heterocycles. The number of rotatable bonds is 9. The summed E-state index contributed by atoms with van der Waals surface area (Å²) in [7, 11) is 0. The van der Waals surface area contributed by atoms with Crippen LogP contribution in [0.2, 0.25) is 0 Å². The number of hydrogen-bond donors (Lipinski definition) is 1. The Bertz CT molecular complexity index is 487. The molecule has 2 rings (SSSR count). The van der Waals surface area contributed by atoms with E-state index in [1.807, 2.05) is 0 Å². The van der Waals surface area contributed by atoms with Gasteiger partial charge in [-0.1, -0.05) is 0 Å². The first kappa shape index (κ1) is 18.6. The third kappa shape index (κ3) is 6.07. The summed E-state index contributed by atoms with van der Waals surface area (Å²) >= 11 is 0. The van der Waals surface area contributed by atoms with Gasteiger partial charge in [0, 0.05) is 51.5 Å². The summed E-state index contributed by atoms with van der Waals surface area (Å²) in [5, 5.41) is 8.94. The van der Waals surface area contributed by atoms with Gasteiger partial charge >= 0.3 is 5.97 Å². The Hall–Kier alpha value is -1.70. The van der Waals surface area contributed by atoms with Crippen LogP contribution in [0.4, 0.5) is 0 Å². The number of piperazine rings is 1. The van der Waals surface area contributed by atoms with E-state index < -0.39 is 0 Å². The van der Waals surface area contributed by atoms with Crippen molar-refractivity contribution in [3.8, 4) is 5.88 Å². The number of β-amino-alcohol motifs (C(OH)–C–C–N with tert-alkyl or cyclic N) is 1. The van der Waals surface area contributed by atoms with Crippen molar-refractivity contribution < 1.29 is 19.4 Å². The largest absolute Gasteiger partial charge is 0.478 e. The zero-order valence-electron chi connectivity index (χ0n) is 14.3. The van der Waals surface area contributed by atoms with Crippen molar-refractivity contribution in [1.29, 1.82) is 0 Å². The van der Waals surface area contributed by atoms with E-state index in [0.717, 1.165) is 45.7 Å². The summed E-state index contributed by atoms with van der Waals surface area (Å²) in [6.45, 7) is 8.81. The van der Waals surface area contributed by atoms with Crippen LogP contribution in [0.1, 0.15) is 23.7 Å². The minimum atomic E-state index is -0.364. The quantitative estimate of drug-likeness (QED) is 0.523. The second kappa shape index (κ2) is 10.2. The Kier molecular flexibility index (Phi) is 7.94. The van der Waals surface area contributed by atoms with Gasteiger partial charge in [0.15, 0.2) is 0 Å². The maximum atomic E-state index is 11.5. The van der Waals surface area contributed by atoms with Crippen molar-refractivity contribution in [2.45, 2.75) is 13.3 Å². The van der Waals surface area contributed by atoms with Gasteiger partial charge in [0.2, 0.25) is 5.88 Å². The second-order valence-corrected chi connectivity index (χ2v) is 5.71. The molecule has 1 fully saturated rings. The van der Waals surface area contributed by atoms with Crippen LogP contribution in [0.5, 0.6) is 5.88 Å². The molecule has 1 aliphatic heterocycles. The standard InChI is InChI=1S/C17H27N3O4/c1-2-23-17(22)15-4-5-16(18-14-15)24-13-3-6-19-7-9-20(10-8-19)11-12-21/h4-5,14,21H,2-3,6-13H2,1H3. The lowest BCUT2D eigenvalue weighted by molar-refractivity contribution is 0.0526. The predicted octanol–water partition coefficient (Wildman–Crippen LogP) is 0.637. The first-order valence-electron chi connectivity index (χ1n) is 8.54. The zero-order valence-corrected chi connectivity index (χ0v) is 14.3. The molecule has 24 heavy (non-hydrogen) atoms. The van der Waals surface area contributed by atoms with Gasteiger partial charge < -0.3 is 19.5 Å². The second-order valence-electron chi connectivity index (χ2n) is 5.71. The maximum Gasteiger partial charge on any atom is 0.339 e. The average Bonchev–Trinajstić information content (AvgIpc) is 2.61. The van der Waals surface area contributed by atoms with Crippen LogP contribution in [0, 0.1) is 0 Å². The highest BCUT2D eigenvalue weighted by molar-refractivity contribution is 5.89. The third-order valence-electron chi connectivity index (χ3n) is 4.00. The predicted molar refractivity (Wildman–Crippen MR) is 90.3 cm³/mol. The number of aliphatic hydroxyl groups excluding tert-OH is 1. The molecule has 1 saturated heterocycles. The lowest BCUT2D eigenvalue weighted by Gasteiger charge is -2.34. The molecule has 0 spiro atoms. The van der Waals surface area contributed by atoms with Gasteiger partial charge in [-0.3, -0.25) is 4.90 Å². The number of aromatic nitrogens is 1. The van der Waals surface area contributed by atoms with Crippen LogP contribution in [0.15, 0.2) is 18.3 Å². The number of carbonyl (C=O) groups excluding carboxylic acids is 1. The Labute approximate surface area is 143 Å². The summed E-state index contributed by atoms with van der Waals surface area (Å²) in [6.07, 6.45) is 2.41. The maximum absolute atomic E-state index is 11.5. The van der Waals surface area contributed by atoms with Gasteiger partial charge in [0.05, 0.1) is 25.4 Å². The minimum absolute atomic E-state index is 0.232. The van der Waals surface area contributed by atoms with Crippen LogP contribution in [0.25, 0.3) is 0 Å². The van der Waals surface area contributed by atoms with Gasteiger partial charge in [-0.2, -0.15) is 0 Å². The highest BCUT2D eigenvalue weighted by atomic mass is 16.5. The van der Waals surface area contributed by atoms with Crippen molar-refractivity contribution in [3.63, 3.8) is 0 Å². The Balaban J connectivity index is 1.62. The number of hydrogen-bond acceptors (Lipinski definition) is 7. The summed E-state index contributed by atoms with van der Waals surface area (Å²) in [4.78, 5) is 20.4. The van der Waals surface area contributed by atoms with Gasteiger partial charge in [-0.25, -0.2) is 9.78 Å². The first-order chi connectivity index (χ1) is 11.7. The molecule has 0 atom stereocenters. The van der Waals surface area contributed by atoms with E-state index in [1.54, 1.807) is 19.1 Å². The van der Waals surface area contributed by atoms with Crippen molar-refractivity contribution >= 4 is 5.97 Å². The number of pyridine rings is 1. The summed E-state index contributed by atoms with van der Waals surface area (Å²) in [5.41, 5.74) is 0.435. The molecule has 0 radical (unpaired) electrons. The van der Waals surface area contributed by atoms with Crippen LogP contribution >= 0.6 is 0 Å². The molecule has 0 bridgehead atoms. The first-order valence-corrected chi connectivity index (χ1v) is 8.54. The van der Waals surface area contributed by atoms with Gasteiger partial charge in [0.1, 0.15) is 0 Å². The van der Waals surface area contributed by atoms with Crippen molar-refractivity contribution in [3.05, 3.63) is 23.9 Å². The third-order valence-corrected chi connectivity index (χ3v) is 4.00. The van der Waals surface area contributed by atoms with Crippen molar-refractivity contribution in [1.82, 2.24) is 14.8 Å². The molecular weight excluding hydrogens is 310 g/mol. The highest BCUT2D eigenvalue weighted by Crippen LogP contribution is 2.09. The van der Waals surface area contributed by atoms with E-state index in [-0.39, 0.29) is 12.6 Å². The van der Waals surface area contributed by atoms with Crippen LogP contribution in [0.3, 0.4) is 0 Å². The normalized spacial score (nSPS) is 16.1. The average molecular weight is 337 g/mol. The fourth-order valence-corrected chi connectivity index (χ4v) is 2.64. The molecule has 7 nitrogen and oxygen atoms in total. The molecule has 0 saturated carbocycles.